The molecule has 1 aliphatic heterocycles. The SMILES string of the molecule is C=CCNC(=O)CN1C(=O)C(=O)N(C2CCCC2)C1=O. The van der Waals surface area contributed by atoms with Gasteiger partial charge in [0.05, 0.1) is 0 Å². The normalized spacial score (nSPS) is 19.9. The summed E-state index contributed by atoms with van der Waals surface area (Å²) in [5, 5.41) is 2.47. The van der Waals surface area contributed by atoms with E-state index in [0.717, 1.165) is 30.6 Å². The highest BCUT2D eigenvalue weighted by Crippen LogP contribution is 2.27. The lowest BCUT2D eigenvalue weighted by atomic mass is 10.2. The Morgan fingerprint density at radius 1 is 1.25 bits per heavy atom. The molecule has 1 N–H and O–H groups in total. The van der Waals surface area contributed by atoms with Crippen LogP contribution in [-0.2, 0) is 14.4 Å². The second-order valence-corrected chi connectivity index (χ2v) is 4.88. The van der Waals surface area contributed by atoms with E-state index >= 15 is 0 Å². The number of carbonyl (C=O) groups is 4. The minimum Gasteiger partial charge on any atom is -0.351 e. The van der Waals surface area contributed by atoms with Gasteiger partial charge in [-0.3, -0.25) is 19.3 Å². The Kier molecular flexibility index (Phi) is 4.16. The quantitative estimate of drug-likeness (QED) is 0.437. The van der Waals surface area contributed by atoms with E-state index in [9.17, 15) is 19.2 Å². The number of amides is 5. The van der Waals surface area contributed by atoms with Gasteiger partial charge in [0, 0.05) is 12.6 Å². The van der Waals surface area contributed by atoms with Gasteiger partial charge in [-0.15, -0.1) is 6.58 Å². The van der Waals surface area contributed by atoms with Gasteiger partial charge in [-0.2, -0.15) is 0 Å². The lowest BCUT2D eigenvalue weighted by Crippen LogP contribution is -2.43. The van der Waals surface area contributed by atoms with Gasteiger partial charge in [0.1, 0.15) is 6.54 Å². The van der Waals surface area contributed by atoms with Gasteiger partial charge >= 0.3 is 17.8 Å². The standard InChI is InChI=1S/C13H17N3O4/c1-2-7-14-10(17)8-15-11(18)12(19)16(13(15)20)9-5-3-4-6-9/h2,9H,1,3-8H2,(H,14,17). The van der Waals surface area contributed by atoms with Gasteiger partial charge < -0.3 is 5.32 Å². The third-order valence-corrected chi connectivity index (χ3v) is 3.52. The van der Waals surface area contributed by atoms with Gasteiger partial charge in [0.15, 0.2) is 0 Å². The van der Waals surface area contributed by atoms with Crippen LogP contribution in [0.4, 0.5) is 4.79 Å². The van der Waals surface area contributed by atoms with Crippen molar-refractivity contribution in [3.05, 3.63) is 12.7 Å². The highest BCUT2D eigenvalue weighted by molar-refractivity contribution is 6.45. The van der Waals surface area contributed by atoms with Crippen LogP contribution in [-0.4, -0.2) is 52.7 Å². The van der Waals surface area contributed by atoms with E-state index in [4.69, 9.17) is 0 Å². The summed E-state index contributed by atoms with van der Waals surface area (Å²) in [5.74, 6) is -2.23. The highest BCUT2D eigenvalue weighted by atomic mass is 16.2. The number of nitrogens with zero attached hydrogens (tertiary/aromatic N) is 2. The van der Waals surface area contributed by atoms with E-state index in [0.29, 0.717) is 4.90 Å². The van der Waals surface area contributed by atoms with Crippen molar-refractivity contribution in [2.24, 2.45) is 0 Å². The first-order chi connectivity index (χ1) is 9.56. The summed E-state index contributed by atoms with van der Waals surface area (Å²) >= 11 is 0. The number of carbonyl (C=O) groups excluding carboxylic acids is 4. The van der Waals surface area contributed by atoms with Crippen LogP contribution in [0.15, 0.2) is 12.7 Å². The van der Waals surface area contributed by atoms with Crippen LogP contribution in [0.3, 0.4) is 0 Å². The maximum absolute atomic E-state index is 12.1. The van der Waals surface area contributed by atoms with Crippen molar-refractivity contribution >= 4 is 23.8 Å². The van der Waals surface area contributed by atoms with Crippen molar-refractivity contribution < 1.29 is 19.2 Å². The van der Waals surface area contributed by atoms with E-state index in [-0.39, 0.29) is 12.6 Å². The fourth-order valence-electron chi connectivity index (χ4n) is 2.53. The monoisotopic (exact) mass is 279 g/mol. The molecule has 1 aliphatic carbocycles. The molecule has 0 spiro atoms. The van der Waals surface area contributed by atoms with E-state index < -0.39 is 30.3 Å². The van der Waals surface area contributed by atoms with Crippen LogP contribution in [0.5, 0.6) is 0 Å². The number of imide groups is 2. The van der Waals surface area contributed by atoms with Crippen molar-refractivity contribution in [2.45, 2.75) is 31.7 Å². The second-order valence-electron chi connectivity index (χ2n) is 4.88. The molecule has 0 radical (unpaired) electrons. The molecule has 7 heteroatoms. The average molecular weight is 279 g/mol. The van der Waals surface area contributed by atoms with Crippen LogP contribution in [0, 0.1) is 0 Å². The zero-order valence-electron chi connectivity index (χ0n) is 11.1. The number of urea groups is 1. The van der Waals surface area contributed by atoms with Crippen molar-refractivity contribution in [3.63, 3.8) is 0 Å². The molecule has 5 amide bonds. The van der Waals surface area contributed by atoms with Gasteiger partial charge in [0.2, 0.25) is 5.91 Å². The fraction of sp³-hybridized carbons (Fsp3) is 0.538. The minimum absolute atomic E-state index is 0.208. The lowest BCUT2D eigenvalue weighted by molar-refractivity contribution is -0.144. The molecule has 7 nitrogen and oxygen atoms in total. The summed E-state index contributed by atoms with van der Waals surface area (Å²) in [7, 11) is 0. The van der Waals surface area contributed by atoms with E-state index in [1.165, 1.54) is 6.08 Å². The molecular formula is C13H17N3O4. The molecule has 2 fully saturated rings. The molecule has 1 saturated carbocycles. The van der Waals surface area contributed by atoms with E-state index in [2.05, 4.69) is 11.9 Å². The summed E-state index contributed by atoms with van der Waals surface area (Å²) in [6, 6.07) is -0.888. The minimum atomic E-state index is -0.921. The zero-order valence-corrected chi connectivity index (χ0v) is 11.1. The molecule has 0 unspecified atom stereocenters. The molecule has 0 bridgehead atoms. The Bertz CT molecular complexity index is 468. The van der Waals surface area contributed by atoms with E-state index in [1.54, 1.807) is 0 Å². The van der Waals surface area contributed by atoms with Crippen LogP contribution in [0.25, 0.3) is 0 Å². The van der Waals surface area contributed by atoms with Gasteiger partial charge in [-0.1, -0.05) is 18.9 Å². The molecule has 20 heavy (non-hydrogen) atoms. The summed E-state index contributed by atoms with van der Waals surface area (Å²) < 4.78 is 0. The Morgan fingerprint density at radius 2 is 1.90 bits per heavy atom. The summed E-state index contributed by atoms with van der Waals surface area (Å²) in [6.45, 7) is 3.26. The summed E-state index contributed by atoms with van der Waals surface area (Å²) in [5.41, 5.74) is 0. The topological polar surface area (TPSA) is 86.8 Å². The molecule has 0 aromatic carbocycles. The first-order valence-electron chi connectivity index (χ1n) is 6.63. The molecule has 2 rings (SSSR count). The number of hydrogen-bond donors (Lipinski definition) is 1. The summed E-state index contributed by atoms with van der Waals surface area (Å²) in [6.07, 6.45) is 4.81. The molecule has 2 aliphatic rings. The Hall–Kier alpha value is -2.18. The smallest absolute Gasteiger partial charge is 0.334 e. The Morgan fingerprint density at radius 3 is 2.50 bits per heavy atom. The maximum Gasteiger partial charge on any atom is 0.334 e. The molecule has 0 aromatic rings. The van der Waals surface area contributed by atoms with E-state index in [1.807, 2.05) is 0 Å². The van der Waals surface area contributed by atoms with Crippen molar-refractivity contribution in [2.75, 3.05) is 13.1 Å². The average Bonchev–Trinajstić information content (AvgIpc) is 3.01. The highest BCUT2D eigenvalue weighted by Gasteiger charge is 2.48. The maximum atomic E-state index is 12.1. The van der Waals surface area contributed by atoms with Crippen LogP contribution in [0.2, 0.25) is 0 Å². The molecule has 108 valence electrons. The van der Waals surface area contributed by atoms with Crippen molar-refractivity contribution in [1.82, 2.24) is 15.1 Å². The van der Waals surface area contributed by atoms with Crippen LogP contribution >= 0.6 is 0 Å². The lowest BCUT2D eigenvalue weighted by Gasteiger charge is -2.20. The summed E-state index contributed by atoms with van der Waals surface area (Å²) in [4.78, 5) is 49.1. The molecular weight excluding hydrogens is 262 g/mol. The first-order valence-corrected chi connectivity index (χ1v) is 6.63. The molecule has 1 saturated heterocycles. The number of hydrogen-bond acceptors (Lipinski definition) is 4. The first kappa shape index (κ1) is 14.2. The Labute approximate surface area is 116 Å². The number of nitrogens with one attached hydrogen (secondary N) is 1. The van der Waals surface area contributed by atoms with Crippen molar-refractivity contribution in [1.29, 1.82) is 0 Å². The third kappa shape index (κ3) is 2.56. The second kappa shape index (κ2) is 5.85. The molecule has 0 aromatic heterocycles. The fourth-order valence-corrected chi connectivity index (χ4v) is 2.53. The largest absolute Gasteiger partial charge is 0.351 e. The zero-order chi connectivity index (χ0) is 14.7. The predicted molar refractivity (Wildman–Crippen MR) is 69.4 cm³/mol. The van der Waals surface area contributed by atoms with Crippen molar-refractivity contribution in [3.8, 4) is 0 Å². The number of rotatable bonds is 5. The van der Waals surface area contributed by atoms with Gasteiger partial charge in [0.25, 0.3) is 0 Å². The molecule has 1 heterocycles. The van der Waals surface area contributed by atoms with Gasteiger partial charge in [-0.25, -0.2) is 9.69 Å². The molecule has 0 atom stereocenters. The Balaban J connectivity index is 2.05. The van der Waals surface area contributed by atoms with Gasteiger partial charge in [-0.05, 0) is 12.8 Å². The van der Waals surface area contributed by atoms with Crippen LogP contribution in [0.1, 0.15) is 25.7 Å². The predicted octanol–water partition coefficient (Wildman–Crippen LogP) is 0.0220. The third-order valence-electron chi connectivity index (χ3n) is 3.52. The van der Waals surface area contributed by atoms with Crippen LogP contribution < -0.4 is 5.32 Å².